The van der Waals surface area contributed by atoms with Crippen molar-refractivity contribution in [1.82, 2.24) is 24.3 Å². The maximum atomic E-state index is 13.7. The Balaban J connectivity index is 1.81. The molecule has 5 aromatic rings. The molecule has 154 valence electrons. The van der Waals surface area contributed by atoms with Crippen LogP contribution in [0, 0.1) is 0 Å². The van der Waals surface area contributed by atoms with Gasteiger partial charge in [0.05, 0.1) is 23.9 Å². The second-order valence-electron chi connectivity index (χ2n) is 7.11. The van der Waals surface area contributed by atoms with Crippen molar-refractivity contribution in [2.75, 3.05) is 6.61 Å². The SMILES string of the molecule is CCOc1cnc2cn(-c3ccc4nn(C)cc4c3)c(=O)c(-c3ccc(Cl)cc3)c2n1. The Morgan fingerprint density at radius 2 is 1.87 bits per heavy atom. The average molecular weight is 432 g/mol. The summed E-state index contributed by atoms with van der Waals surface area (Å²) in [4.78, 5) is 22.8. The summed E-state index contributed by atoms with van der Waals surface area (Å²) in [5, 5.41) is 5.93. The van der Waals surface area contributed by atoms with Crippen LogP contribution in [0.5, 0.6) is 5.88 Å². The van der Waals surface area contributed by atoms with Gasteiger partial charge in [0.2, 0.25) is 5.88 Å². The summed E-state index contributed by atoms with van der Waals surface area (Å²) in [7, 11) is 1.87. The van der Waals surface area contributed by atoms with Crippen LogP contribution < -0.4 is 10.3 Å². The standard InChI is InChI=1S/C23H18ClN5O2/c1-3-31-20-11-25-19-13-29(17-8-9-18-15(10-17)12-28(2)27-18)23(30)21(22(19)26-20)14-4-6-16(24)7-5-14/h4-13H,3H2,1-2H3. The summed E-state index contributed by atoms with van der Waals surface area (Å²) in [5.74, 6) is 0.374. The number of ether oxygens (including phenoxy) is 1. The van der Waals surface area contributed by atoms with Gasteiger partial charge in [-0.25, -0.2) is 9.97 Å². The number of rotatable bonds is 4. The summed E-state index contributed by atoms with van der Waals surface area (Å²) in [6.45, 7) is 2.33. The van der Waals surface area contributed by atoms with Gasteiger partial charge in [0, 0.05) is 35.5 Å². The van der Waals surface area contributed by atoms with Gasteiger partial charge in [0.25, 0.3) is 5.56 Å². The fourth-order valence-electron chi connectivity index (χ4n) is 3.64. The van der Waals surface area contributed by atoms with Gasteiger partial charge in [-0.05, 0) is 42.8 Å². The number of benzene rings is 2. The van der Waals surface area contributed by atoms with Gasteiger partial charge in [0.15, 0.2) is 0 Å². The highest BCUT2D eigenvalue weighted by Crippen LogP contribution is 2.27. The van der Waals surface area contributed by atoms with Crippen LogP contribution in [0.1, 0.15) is 6.92 Å². The van der Waals surface area contributed by atoms with E-state index in [4.69, 9.17) is 16.3 Å². The first-order valence-electron chi connectivity index (χ1n) is 9.78. The van der Waals surface area contributed by atoms with Crippen LogP contribution >= 0.6 is 11.6 Å². The van der Waals surface area contributed by atoms with Crippen molar-refractivity contribution < 1.29 is 4.74 Å². The van der Waals surface area contributed by atoms with E-state index in [0.717, 1.165) is 16.6 Å². The van der Waals surface area contributed by atoms with Crippen molar-refractivity contribution in [1.29, 1.82) is 0 Å². The fourth-order valence-corrected chi connectivity index (χ4v) is 3.76. The number of nitrogens with zero attached hydrogens (tertiary/aromatic N) is 5. The van der Waals surface area contributed by atoms with Gasteiger partial charge in [-0.1, -0.05) is 23.7 Å². The largest absolute Gasteiger partial charge is 0.477 e. The van der Waals surface area contributed by atoms with Crippen LogP contribution in [0.25, 0.3) is 38.8 Å². The van der Waals surface area contributed by atoms with Crippen LogP contribution in [-0.2, 0) is 7.05 Å². The minimum absolute atomic E-state index is 0.207. The van der Waals surface area contributed by atoms with Crippen LogP contribution in [0.2, 0.25) is 5.02 Å². The topological polar surface area (TPSA) is 74.8 Å². The van der Waals surface area contributed by atoms with Gasteiger partial charge in [-0.15, -0.1) is 0 Å². The minimum atomic E-state index is -0.207. The van der Waals surface area contributed by atoms with Gasteiger partial charge in [-0.2, -0.15) is 5.10 Å². The highest BCUT2D eigenvalue weighted by molar-refractivity contribution is 6.30. The molecular formula is C23H18ClN5O2. The first-order chi connectivity index (χ1) is 15.0. The molecule has 0 radical (unpaired) electrons. The molecule has 0 aliphatic rings. The maximum absolute atomic E-state index is 13.7. The predicted octanol–water partition coefficient (Wildman–Crippen LogP) is 4.39. The first kappa shape index (κ1) is 19.3. The number of hydrogen-bond donors (Lipinski definition) is 0. The number of aromatic nitrogens is 5. The first-order valence-corrected chi connectivity index (χ1v) is 10.2. The smallest absolute Gasteiger partial charge is 0.265 e. The highest BCUT2D eigenvalue weighted by Gasteiger charge is 2.17. The van der Waals surface area contributed by atoms with E-state index in [2.05, 4.69) is 15.1 Å². The van der Waals surface area contributed by atoms with E-state index in [1.807, 2.05) is 50.5 Å². The van der Waals surface area contributed by atoms with E-state index in [9.17, 15) is 4.79 Å². The molecule has 7 nitrogen and oxygen atoms in total. The van der Waals surface area contributed by atoms with Crippen molar-refractivity contribution in [3.8, 4) is 22.7 Å². The monoisotopic (exact) mass is 431 g/mol. The lowest BCUT2D eigenvalue weighted by molar-refractivity contribution is 0.327. The Morgan fingerprint density at radius 1 is 1.06 bits per heavy atom. The molecule has 2 aromatic carbocycles. The van der Waals surface area contributed by atoms with Gasteiger partial charge >= 0.3 is 0 Å². The van der Waals surface area contributed by atoms with E-state index in [1.54, 1.807) is 33.8 Å². The Bertz CT molecular complexity index is 1490. The normalized spacial score (nSPS) is 11.3. The molecule has 0 atom stereocenters. The molecule has 8 heteroatoms. The summed E-state index contributed by atoms with van der Waals surface area (Å²) in [5.41, 5.74) is 3.59. The number of fused-ring (bicyclic) bond motifs is 2. The van der Waals surface area contributed by atoms with Crippen molar-refractivity contribution in [3.05, 3.63) is 76.4 Å². The molecule has 0 fully saturated rings. The van der Waals surface area contributed by atoms with Crippen LogP contribution in [0.4, 0.5) is 0 Å². The summed E-state index contributed by atoms with van der Waals surface area (Å²) < 4.78 is 8.85. The van der Waals surface area contributed by atoms with E-state index in [0.29, 0.717) is 39.7 Å². The molecule has 0 spiro atoms. The third-order valence-corrected chi connectivity index (χ3v) is 5.26. The lowest BCUT2D eigenvalue weighted by Crippen LogP contribution is -2.21. The van der Waals surface area contributed by atoms with Crippen molar-refractivity contribution in [2.45, 2.75) is 6.92 Å². The Hall–Kier alpha value is -3.71. The lowest BCUT2D eigenvalue weighted by Gasteiger charge is -2.12. The average Bonchev–Trinajstić information content (AvgIpc) is 3.14. The fraction of sp³-hybridized carbons (Fsp3) is 0.130. The third-order valence-electron chi connectivity index (χ3n) is 5.01. The molecule has 5 rings (SSSR count). The van der Waals surface area contributed by atoms with Crippen molar-refractivity contribution >= 4 is 33.5 Å². The van der Waals surface area contributed by atoms with Crippen molar-refractivity contribution in [3.63, 3.8) is 0 Å². The Labute approximate surface area is 182 Å². The van der Waals surface area contributed by atoms with Gasteiger partial charge in [0.1, 0.15) is 11.0 Å². The molecule has 0 aliphatic carbocycles. The number of halogens is 1. The zero-order chi connectivity index (χ0) is 21.5. The van der Waals surface area contributed by atoms with Gasteiger partial charge in [-0.3, -0.25) is 14.0 Å². The third kappa shape index (κ3) is 3.43. The second-order valence-corrected chi connectivity index (χ2v) is 7.54. The quantitative estimate of drug-likeness (QED) is 0.422. The molecule has 31 heavy (non-hydrogen) atoms. The Kier molecular flexibility index (Phi) is 4.67. The van der Waals surface area contributed by atoms with Crippen LogP contribution in [0.15, 0.2) is 65.8 Å². The number of aryl methyl sites for hydroxylation is 1. The molecule has 0 saturated carbocycles. The lowest BCUT2D eigenvalue weighted by atomic mass is 10.1. The highest BCUT2D eigenvalue weighted by atomic mass is 35.5. The molecule has 0 bridgehead atoms. The number of pyridine rings is 1. The molecule has 0 unspecified atom stereocenters. The molecular weight excluding hydrogens is 414 g/mol. The molecule has 0 aliphatic heterocycles. The molecule has 0 N–H and O–H groups in total. The zero-order valence-electron chi connectivity index (χ0n) is 16.9. The van der Waals surface area contributed by atoms with Crippen LogP contribution in [0.3, 0.4) is 0 Å². The molecule has 3 heterocycles. The maximum Gasteiger partial charge on any atom is 0.265 e. The minimum Gasteiger partial charge on any atom is -0.477 e. The summed E-state index contributed by atoms with van der Waals surface area (Å²) in [6.07, 6.45) is 5.19. The second kappa shape index (κ2) is 7.52. The molecule has 0 amide bonds. The van der Waals surface area contributed by atoms with E-state index in [-0.39, 0.29) is 5.56 Å². The zero-order valence-corrected chi connectivity index (χ0v) is 17.7. The predicted molar refractivity (Wildman–Crippen MR) is 121 cm³/mol. The van der Waals surface area contributed by atoms with E-state index in [1.165, 1.54) is 0 Å². The Morgan fingerprint density at radius 3 is 2.65 bits per heavy atom. The van der Waals surface area contributed by atoms with E-state index < -0.39 is 0 Å². The molecule has 0 saturated heterocycles. The molecule has 3 aromatic heterocycles. The van der Waals surface area contributed by atoms with Gasteiger partial charge < -0.3 is 4.74 Å². The van der Waals surface area contributed by atoms with Crippen LogP contribution in [-0.4, -0.2) is 30.9 Å². The van der Waals surface area contributed by atoms with E-state index >= 15 is 0 Å². The summed E-state index contributed by atoms with van der Waals surface area (Å²) in [6, 6.07) is 12.8. The number of hydrogen-bond acceptors (Lipinski definition) is 5. The van der Waals surface area contributed by atoms with Crippen molar-refractivity contribution in [2.24, 2.45) is 7.05 Å². The summed E-state index contributed by atoms with van der Waals surface area (Å²) >= 11 is 6.07.